The van der Waals surface area contributed by atoms with Crippen LogP contribution in [0.2, 0.25) is 0 Å². The zero-order valence-electron chi connectivity index (χ0n) is 14.9. The van der Waals surface area contributed by atoms with Gasteiger partial charge in [0, 0.05) is 32.9 Å². The van der Waals surface area contributed by atoms with Crippen LogP contribution in [0.1, 0.15) is 18.4 Å². The van der Waals surface area contributed by atoms with Crippen LogP contribution in [0.4, 0.5) is 22.0 Å². The third-order valence-electron chi connectivity index (χ3n) is 4.45. The van der Waals surface area contributed by atoms with Gasteiger partial charge in [0.25, 0.3) is 0 Å². The van der Waals surface area contributed by atoms with Crippen LogP contribution in [0.25, 0.3) is 0 Å². The Morgan fingerprint density at radius 1 is 1.18 bits per heavy atom. The second-order valence-electron chi connectivity index (χ2n) is 6.32. The molecule has 0 radical (unpaired) electrons. The Balaban J connectivity index is 1.84. The standard InChI is InChI=1S/C17H20BrF5N4O/c1-24-25-16(17(21,22)23)27-7-5-26(6-8-27)15(28)4-2-3-11-9-14(20)12(18)10-13(11)19/h9-10,15,28H,1-8H2/b25-16-. The number of piperazine rings is 1. The van der Waals surface area contributed by atoms with Gasteiger partial charge in [-0.05, 0) is 52.9 Å². The Hall–Kier alpha value is -1.59. The molecule has 0 aliphatic carbocycles. The van der Waals surface area contributed by atoms with Crippen LogP contribution >= 0.6 is 15.9 Å². The minimum absolute atomic E-state index is 0.0253. The molecule has 5 nitrogen and oxygen atoms in total. The zero-order valence-corrected chi connectivity index (χ0v) is 16.5. The third kappa shape index (κ3) is 5.95. The van der Waals surface area contributed by atoms with E-state index in [-0.39, 0.29) is 49.1 Å². The van der Waals surface area contributed by atoms with E-state index in [1.54, 1.807) is 4.90 Å². The summed E-state index contributed by atoms with van der Waals surface area (Å²) in [5, 5.41) is 16.3. The molecule has 28 heavy (non-hydrogen) atoms. The fraction of sp³-hybridized carbons (Fsp3) is 0.529. The van der Waals surface area contributed by atoms with Gasteiger partial charge in [-0.15, -0.1) is 5.10 Å². The van der Waals surface area contributed by atoms with Crippen molar-refractivity contribution in [3.8, 4) is 0 Å². The fourth-order valence-electron chi connectivity index (χ4n) is 3.01. The van der Waals surface area contributed by atoms with Gasteiger partial charge >= 0.3 is 6.18 Å². The molecule has 1 unspecified atom stereocenters. The summed E-state index contributed by atoms with van der Waals surface area (Å²) in [6.45, 7) is 3.42. The van der Waals surface area contributed by atoms with E-state index in [4.69, 9.17) is 0 Å². The molecule has 1 atom stereocenters. The van der Waals surface area contributed by atoms with Gasteiger partial charge < -0.3 is 10.0 Å². The summed E-state index contributed by atoms with van der Waals surface area (Å²) in [5.41, 5.74) is 0.209. The van der Waals surface area contributed by atoms with Crippen molar-refractivity contribution in [3.63, 3.8) is 0 Å². The van der Waals surface area contributed by atoms with Crippen molar-refractivity contribution in [3.05, 3.63) is 33.8 Å². The Morgan fingerprint density at radius 3 is 2.39 bits per heavy atom. The van der Waals surface area contributed by atoms with Crippen molar-refractivity contribution in [1.29, 1.82) is 0 Å². The van der Waals surface area contributed by atoms with E-state index >= 15 is 0 Å². The average Bonchev–Trinajstić information content (AvgIpc) is 2.63. The van der Waals surface area contributed by atoms with Crippen molar-refractivity contribution in [1.82, 2.24) is 9.80 Å². The van der Waals surface area contributed by atoms with Crippen LogP contribution < -0.4 is 0 Å². The zero-order chi connectivity index (χ0) is 20.9. The smallest absolute Gasteiger partial charge is 0.378 e. The minimum Gasteiger partial charge on any atom is -0.378 e. The van der Waals surface area contributed by atoms with Crippen LogP contribution in [0.3, 0.4) is 0 Å². The Bertz CT molecular complexity index is 720. The lowest BCUT2D eigenvalue weighted by Gasteiger charge is -2.38. The molecule has 0 spiro atoms. The number of aliphatic hydroxyl groups excluding tert-OH is 1. The fourth-order valence-corrected chi connectivity index (χ4v) is 3.33. The second-order valence-corrected chi connectivity index (χ2v) is 7.17. The Labute approximate surface area is 167 Å². The number of hydrogen-bond donors (Lipinski definition) is 1. The molecule has 1 aliphatic heterocycles. The first-order valence-corrected chi connectivity index (χ1v) is 9.34. The van der Waals surface area contributed by atoms with E-state index in [1.807, 2.05) is 0 Å². The third-order valence-corrected chi connectivity index (χ3v) is 5.06. The molecule has 1 saturated heterocycles. The van der Waals surface area contributed by atoms with Gasteiger partial charge in [0.05, 0.1) is 4.47 Å². The number of benzene rings is 1. The van der Waals surface area contributed by atoms with Gasteiger partial charge in [0.2, 0.25) is 5.84 Å². The predicted octanol–water partition coefficient (Wildman–Crippen LogP) is 3.56. The summed E-state index contributed by atoms with van der Waals surface area (Å²) in [4.78, 5) is 2.70. The van der Waals surface area contributed by atoms with Gasteiger partial charge in [-0.25, -0.2) is 8.78 Å². The number of hydrogen-bond acceptors (Lipinski definition) is 4. The van der Waals surface area contributed by atoms with Crippen LogP contribution in [-0.4, -0.2) is 66.0 Å². The van der Waals surface area contributed by atoms with Gasteiger partial charge in [0.15, 0.2) is 0 Å². The first kappa shape index (κ1) is 22.7. The highest BCUT2D eigenvalue weighted by Gasteiger charge is 2.41. The molecule has 2 rings (SSSR count). The maximum absolute atomic E-state index is 13.8. The maximum Gasteiger partial charge on any atom is 0.451 e. The largest absolute Gasteiger partial charge is 0.451 e. The first-order valence-electron chi connectivity index (χ1n) is 8.55. The van der Waals surface area contributed by atoms with E-state index in [1.165, 1.54) is 0 Å². The molecule has 1 aromatic carbocycles. The highest BCUT2D eigenvalue weighted by molar-refractivity contribution is 9.10. The maximum atomic E-state index is 13.8. The topological polar surface area (TPSA) is 51.4 Å². The Kier molecular flexibility index (Phi) is 7.90. The minimum atomic E-state index is -4.63. The summed E-state index contributed by atoms with van der Waals surface area (Å²) in [7, 11) is 0. The van der Waals surface area contributed by atoms with Crippen molar-refractivity contribution < 1.29 is 27.1 Å². The molecular formula is C17H20BrF5N4O. The molecule has 1 aliphatic rings. The SMILES string of the molecule is C=N/N=C(\N1CCN(C(O)CCCc2cc(F)c(Br)cc2F)CC1)C(F)(F)F. The highest BCUT2D eigenvalue weighted by atomic mass is 79.9. The second kappa shape index (κ2) is 9.75. The summed E-state index contributed by atoms with van der Waals surface area (Å²) < 4.78 is 66.3. The summed E-state index contributed by atoms with van der Waals surface area (Å²) in [6.07, 6.45) is -4.59. The molecular weight excluding hydrogens is 451 g/mol. The molecule has 1 fully saturated rings. The number of nitrogens with zero attached hydrogens (tertiary/aromatic N) is 4. The van der Waals surface area contributed by atoms with E-state index < -0.39 is 29.9 Å². The van der Waals surface area contributed by atoms with Gasteiger partial charge in [-0.1, -0.05) is 0 Å². The Morgan fingerprint density at radius 2 is 1.82 bits per heavy atom. The van der Waals surface area contributed by atoms with Crippen LogP contribution in [0, 0.1) is 11.6 Å². The number of alkyl halides is 3. The number of aryl methyl sites for hydroxylation is 1. The molecule has 1 aromatic rings. The van der Waals surface area contributed by atoms with Crippen molar-refractivity contribution in [2.45, 2.75) is 31.7 Å². The van der Waals surface area contributed by atoms with Crippen LogP contribution in [0.15, 0.2) is 26.8 Å². The predicted molar refractivity (Wildman–Crippen MR) is 99.2 cm³/mol. The highest BCUT2D eigenvalue weighted by Crippen LogP contribution is 2.23. The summed E-state index contributed by atoms with van der Waals surface area (Å²) >= 11 is 2.91. The summed E-state index contributed by atoms with van der Waals surface area (Å²) in [5.74, 6) is -2.21. The van der Waals surface area contributed by atoms with Crippen LogP contribution in [0.5, 0.6) is 0 Å². The van der Waals surface area contributed by atoms with Gasteiger partial charge in [-0.2, -0.15) is 18.3 Å². The molecule has 0 bridgehead atoms. The average molecular weight is 471 g/mol. The van der Waals surface area contributed by atoms with Gasteiger partial charge in [0.1, 0.15) is 17.9 Å². The summed E-state index contributed by atoms with van der Waals surface area (Å²) in [6, 6.07) is 2.16. The molecule has 0 amide bonds. The molecule has 11 heteroatoms. The molecule has 1 heterocycles. The number of aliphatic hydroxyl groups is 1. The van der Waals surface area contributed by atoms with Crippen molar-refractivity contribution in [2.75, 3.05) is 26.2 Å². The number of halogens is 6. The normalized spacial score (nSPS) is 17.7. The van der Waals surface area contributed by atoms with E-state index in [0.29, 0.717) is 6.42 Å². The van der Waals surface area contributed by atoms with E-state index in [9.17, 15) is 27.1 Å². The quantitative estimate of drug-likeness (QED) is 0.227. The lowest BCUT2D eigenvalue weighted by Crippen LogP contribution is -2.54. The molecule has 156 valence electrons. The van der Waals surface area contributed by atoms with Crippen molar-refractivity contribution in [2.24, 2.45) is 10.2 Å². The molecule has 0 aromatic heterocycles. The first-order chi connectivity index (χ1) is 13.1. The molecule has 0 saturated carbocycles. The lowest BCUT2D eigenvalue weighted by molar-refractivity contribution is -0.0748. The van der Waals surface area contributed by atoms with Gasteiger partial charge in [-0.3, -0.25) is 4.90 Å². The van der Waals surface area contributed by atoms with E-state index in [2.05, 4.69) is 32.9 Å². The van der Waals surface area contributed by atoms with Crippen LogP contribution in [-0.2, 0) is 6.42 Å². The van der Waals surface area contributed by atoms with Crippen molar-refractivity contribution >= 4 is 28.5 Å². The number of rotatable bonds is 6. The number of amidine groups is 1. The van der Waals surface area contributed by atoms with E-state index in [0.717, 1.165) is 17.0 Å². The molecule has 1 N–H and O–H groups in total. The lowest BCUT2D eigenvalue weighted by atomic mass is 10.1. The monoisotopic (exact) mass is 470 g/mol.